The van der Waals surface area contributed by atoms with E-state index in [1.54, 1.807) is 6.26 Å². The van der Waals surface area contributed by atoms with Crippen molar-refractivity contribution in [3.8, 4) is 10.8 Å². The van der Waals surface area contributed by atoms with Gasteiger partial charge >= 0.3 is 0 Å². The minimum Gasteiger partial charge on any atom is -0.462 e. The number of carbonyl (C=O) groups is 1. The number of benzene rings is 1. The molecule has 1 aromatic carbocycles. The molecular formula is C17H15ClN2O2S. The molecule has 0 aliphatic heterocycles. The van der Waals surface area contributed by atoms with Crippen molar-refractivity contribution < 1.29 is 9.21 Å². The van der Waals surface area contributed by atoms with Crippen LogP contribution in [0, 0.1) is 0 Å². The number of hydrogen-bond donors (Lipinski definition) is 1. The molecule has 0 saturated heterocycles. The fourth-order valence-electron chi connectivity index (χ4n) is 2.13. The lowest BCUT2D eigenvalue weighted by Crippen LogP contribution is -2.27. The molecule has 2 aromatic heterocycles. The Morgan fingerprint density at radius 1 is 1.26 bits per heavy atom. The van der Waals surface area contributed by atoms with E-state index in [0.29, 0.717) is 11.6 Å². The maximum Gasteiger partial charge on any atom is 0.226 e. The Hall–Kier alpha value is -2.11. The molecular weight excluding hydrogens is 332 g/mol. The van der Waals surface area contributed by atoms with E-state index < -0.39 is 0 Å². The summed E-state index contributed by atoms with van der Waals surface area (Å²) < 4.78 is 5.30. The molecule has 0 atom stereocenters. The first-order valence-electron chi connectivity index (χ1n) is 7.20. The van der Waals surface area contributed by atoms with E-state index in [1.807, 2.05) is 41.8 Å². The van der Waals surface area contributed by atoms with Crippen LogP contribution in [0.1, 0.15) is 11.3 Å². The highest BCUT2D eigenvalue weighted by Crippen LogP contribution is 2.24. The second-order valence-electron chi connectivity index (χ2n) is 5.02. The number of amides is 1. The minimum atomic E-state index is -0.0322. The largest absolute Gasteiger partial charge is 0.462 e. The van der Waals surface area contributed by atoms with Crippen LogP contribution in [0.3, 0.4) is 0 Å². The lowest BCUT2D eigenvalue weighted by atomic mass is 10.1. The van der Waals surface area contributed by atoms with Gasteiger partial charge in [0.25, 0.3) is 0 Å². The summed E-state index contributed by atoms with van der Waals surface area (Å²) >= 11 is 7.32. The van der Waals surface area contributed by atoms with Crippen molar-refractivity contribution in [1.82, 2.24) is 10.3 Å². The van der Waals surface area contributed by atoms with Gasteiger partial charge in [0.15, 0.2) is 10.8 Å². The molecule has 0 spiro atoms. The van der Waals surface area contributed by atoms with Gasteiger partial charge in [0, 0.05) is 16.9 Å². The van der Waals surface area contributed by atoms with Crippen LogP contribution in [0.5, 0.6) is 0 Å². The third-order valence-corrected chi connectivity index (χ3v) is 4.43. The molecule has 0 aliphatic rings. The molecule has 0 fully saturated rings. The number of hydrogen-bond acceptors (Lipinski definition) is 4. The number of carbonyl (C=O) groups excluding carboxylic acids is 1. The molecule has 0 unspecified atom stereocenters. The molecule has 1 N–H and O–H groups in total. The summed E-state index contributed by atoms with van der Waals surface area (Å²) in [6, 6.07) is 11.3. The molecule has 0 radical (unpaired) electrons. The quantitative estimate of drug-likeness (QED) is 0.735. The van der Waals surface area contributed by atoms with Crippen molar-refractivity contribution in [1.29, 1.82) is 0 Å². The SMILES string of the molecule is O=C(Cc1csc(-c2ccco2)n1)NCCc1ccc(Cl)cc1. The molecule has 6 heteroatoms. The molecule has 1 amide bonds. The van der Waals surface area contributed by atoms with E-state index in [-0.39, 0.29) is 12.3 Å². The Balaban J connectivity index is 1.47. The predicted molar refractivity (Wildman–Crippen MR) is 91.7 cm³/mol. The second-order valence-corrected chi connectivity index (χ2v) is 6.32. The standard InChI is InChI=1S/C17H15ClN2O2S/c18-13-5-3-12(4-6-13)7-8-19-16(21)10-14-11-23-17(20-14)15-2-1-9-22-15/h1-6,9,11H,7-8,10H2,(H,19,21). The third kappa shape index (κ3) is 4.43. The summed E-state index contributed by atoms with van der Waals surface area (Å²) in [5.74, 6) is 0.694. The topological polar surface area (TPSA) is 55.1 Å². The van der Waals surface area contributed by atoms with Crippen molar-refractivity contribution in [3.05, 3.63) is 64.3 Å². The number of furan rings is 1. The molecule has 3 aromatic rings. The third-order valence-electron chi connectivity index (χ3n) is 3.27. The highest BCUT2D eigenvalue weighted by Gasteiger charge is 2.10. The monoisotopic (exact) mass is 346 g/mol. The van der Waals surface area contributed by atoms with Crippen molar-refractivity contribution in [2.24, 2.45) is 0 Å². The molecule has 3 rings (SSSR count). The molecule has 2 heterocycles. The number of thiazole rings is 1. The van der Waals surface area contributed by atoms with Gasteiger partial charge in [-0.25, -0.2) is 4.98 Å². The summed E-state index contributed by atoms with van der Waals surface area (Å²) in [4.78, 5) is 16.4. The Labute approximate surface area is 143 Å². The summed E-state index contributed by atoms with van der Waals surface area (Å²) in [7, 11) is 0. The van der Waals surface area contributed by atoms with Crippen LogP contribution in [0.2, 0.25) is 5.02 Å². The van der Waals surface area contributed by atoms with Gasteiger partial charge in [-0.1, -0.05) is 23.7 Å². The number of rotatable bonds is 6. The summed E-state index contributed by atoms with van der Waals surface area (Å²) in [5, 5.41) is 6.30. The van der Waals surface area contributed by atoms with Crippen LogP contribution < -0.4 is 5.32 Å². The molecule has 23 heavy (non-hydrogen) atoms. The molecule has 4 nitrogen and oxygen atoms in total. The lowest BCUT2D eigenvalue weighted by Gasteiger charge is -2.04. The van der Waals surface area contributed by atoms with Gasteiger partial charge in [0.1, 0.15) is 0 Å². The fourth-order valence-corrected chi connectivity index (χ4v) is 3.04. The molecule has 0 aliphatic carbocycles. The number of nitrogens with zero attached hydrogens (tertiary/aromatic N) is 1. The van der Waals surface area contributed by atoms with E-state index in [1.165, 1.54) is 11.3 Å². The van der Waals surface area contributed by atoms with Gasteiger partial charge in [0.05, 0.1) is 18.4 Å². The normalized spacial score (nSPS) is 10.7. The van der Waals surface area contributed by atoms with Crippen LogP contribution in [0.4, 0.5) is 0 Å². The van der Waals surface area contributed by atoms with Crippen LogP contribution in [0.25, 0.3) is 10.8 Å². The zero-order chi connectivity index (χ0) is 16.1. The highest BCUT2D eigenvalue weighted by molar-refractivity contribution is 7.13. The van der Waals surface area contributed by atoms with Crippen molar-refractivity contribution in [3.63, 3.8) is 0 Å². The predicted octanol–water partition coefficient (Wildman–Crippen LogP) is 3.96. The smallest absolute Gasteiger partial charge is 0.226 e. The number of nitrogens with one attached hydrogen (secondary N) is 1. The molecule has 0 saturated carbocycles. The Morgan fingerprint density at radius 3 is 2.83 bits per heavy atom. The Morgan fingerprint density at radius 2 is 2.09 bits per heavy atom. The van der Waals surface area contributed by atoms with Crippen LogP contribution in [-0.2, 0) is 17.6 Å². The number of aromatic nitrogens is 1. The van der Waals surface area contributed by atoms with Crippen molar-refractivity contribution >= 4 is 28.8 Å². The van der Waals surface area contributed by atoms with Gasteiger partial charge in [-0.3, -0.25) is 4.79 Å². The zero-order valence-corrected chi connectivity index (χ0v) is 13.9. The Bertz CT molecular complexity index is 766. The molecule has 0 bridgehead atoms. The van der Waals surface area contributed by atoms with E-state index in [4.69, 9.17) is 16.0 Å². The first-order valence-corrected chi connectivity index (χ1v) is 8.46. The fraction of sp³-hybridized carbons (Fsp3) is 0.176. The van der Waals surface area contributed by atoms with Crippen molar-refractivity contribution in [2.75, 3.05) is 6.54 Å². The van der Waals surface area contributed by atoms with Gasteiger partial charge in [-0.15, -0.1) is 11.3 Å². The van der Waals surface area contributed by atoms with Gasteiger partial charge in [-0.2, -0.15) is 0 Å². The average molecular weight is 347 g/mol. The minimum absolute atomic E-state index is 0.0322. The summed E-state index contributed by atoms with van der Waals surface area (Å²) in [5.41, 5.74) is 1.90. The van der Waals surface area contributed by atoms with Crippen LogP contribution in [0.15, 0.2) is 52.5 Å². The summed E-state index contributed by atoms with van der Waals surface area (Å²) in [6.45, 7) is 0.593. The van der Waals surface area contributed by atoms with Gasteiger partial charge < -0.3 is 9.73 Å². The number of halogens is 1. The van der Waals surface area contributed by atoms with E-state index in [9.17, 15) is 4.79 Å². The maximum atomic E-state index is 12.0. The van der Waals surface area contributed by atoms with E-state index in [2.05, 4.69) is 10.3 Å². The average Bonchev–Trinajstić information content (AvgIpc) is 3.20. The maximum absolute atomic E-state index is 12.0. The zero-order valence-electron chi connectivity index (χ0n) is 12.3. The van der Waals surface area contributed by atoms with Crippen LogP contribution >= 0.6 is 22.9 Å². The Kier molecular flexibility index (Phi) is 5.10. The highest BCUT2D eigenvalue weighted by atomic mass is 35.5. The second kappa shape index (κ2) is 7.44. The van der Waals surface area contributed by atoms with E-state index in [0.717, 1.165) is 28.4 Å². The first-order chi connectivity index (χ1) is 11.2. The molecule has 118 valence electrons. The van der Waals surface area contributed by atoms with Crippen LogP contribution in [-0.4, -0.2) is 17.4 Å². The lowest BCUT2D eigenvalue weighted by molar-refractivity contribution is -0.120. The first kappa shape index (κ1) is 15.8. The van der Waals surface area contributed by atoms with E-state index >= 15 is 0 Å². The summed E-state index contributed by atoms with van der Waals surface area (Å²) in [6.07, 6.45) is 2.66. The van der Waals surface area contributed by atoms with Gasteiger partial charge in [0.2, 0.25) is 5.91 Å². The van der Waals surface area contributed by atoms with Crippen molar-refractivity contribution in [2.45, 2.75) is 12.8 Å². The van der Waals surface area contributed by atoms with Gasteiger partial charge in [-0.05, 0) is 36.2 Å².